The summed E-state index contributed by atoms with van der Waals surface area (Å²) < 4.78 is 83.1. The summed E-state index contributed by atoms with van der Waals surface area (Å²) in [5, 5.41) is -0.961. The van der Waals surface area contributed by atoms with E-state index in [9.17, 15) is 30.8 Å². The molecule has 0 spiro atoms. The van der Waals surface area contributed by atoms with Crippen LogP contribution >= 0.6 is 11.6 Å². The highest BCUT2D eigenvalue weighted by Gasteiger charge is 2.43. The minimum absolute atomic E-state index is 0.0707. The fraction of sp³-hybridized carbons (Fsp3) is 0.240. The number of sulfone groups is 1. The second-order valence-corrected chi connectivity index (χ2v) is 11.0. The maximum absolute atomic E-state index is 13.3. The number of hydrogen-bond acceptors (Lipinski definition) is 4. The molecule has 184 valence electrons. The van der Waals surface area contributed by atoms with Crippen molar-refractivity contribution >= 4 is 27.2 Å². The van der Waals surface area contributed by atoms with Crippen LogP contribution in [0.1, 0.15) is 24.0 Å². The van der Waals surface area contributed by atoms with Gasteiger partial charge in [-0.05, 0) is 60.9 Å². The van der Waals surface area contributed by atoms with E-state index in [1.54, 1.807) is 24.3 Å². The van der Waals surface area contributed by atoms with Gasteiger partial charge in [0.05, 0.1) is 20.7 Å². The lowest BCUT2D eigenvalue weighted by Gasteiger charge is -2.34. The Hall–Kier alpha value is -2.91. The van der Waals surface area contributed by atoms with Crippen molar-refractivity contribution in [3.8, 4) is 11.5 Å². The Morgan fingerprint density at radius 1 is 0.971 bits per heavy atom. The average molecular weight is 527 g/mol. The van der Waals surface area contributed by atoms with Crippen LogP contribution in [0.25, 0.3) is 0 Å². The Morgan fingerprint density at radius 3 is 2.26 bits per heavy atom. The molecule has 0 unspecified atom stereocenters. The van der Waals surface area contributed by atoms with Crippen molar-refractivity contribution in [3.05, 3.63) is 88.7 Å². The van der Waals surface area contributed by atoms with E-state index < -0.39 is 38.6 Å². The Kier molecular flexibility index (Phi) is 6.92. The van der Waals surface area contributed by atoms with E-state index in [4.69, 9.17) is 16.3 Å². The van der Waals surface area contributed by atoms with Crippen molar-refractivity contribution in [2.45, 2.75) is 35.6 Å². The average Bonchev–Trinajstić information content (AvgIpc) is 2.76. The third-order valence-corrected chi connectivity index (χ3v) is 8.37. The van der Waals surface area contributed by atoms with Crippen LogP contribution in [0, 0.1) is 11.7 Å². The fourth-order valence-electron chi connectivity index (χ4n) is 3.82. The van der Waals surface area contributed by atoms with Crippen LogP contribution in [-0.2, 0) is 27.2 Å². The Labute approximate surface area is 204 Å². The molecule has 35 heavy (non-hydrogen) atoms. The van der Waals surface area contributed by atoms with Crippen molar-refractivity contribution in [3.63, 3.8) is 0 Å². The zero-order valence-corrected chi connectivity index (χ0v) is 19.6. The number of alkyl halides is 3. The van der Waals surface area contributed by atoms with Crippen LogP contribution < -0.4 is 4.74 Å². The first-order valence-corrected chi connectivity index (χ1v) is 12.5. The predicted octanol–water partition coefficient (Wildman–Crippen LogP) is 6.65. The molecule has 0 atom stereocenters. The molecule has 4 nitrogen and oxygen atoms in total. The Morgan fingerprint density at radius 2 is 1.63 bits per heavy atom. The van der Waals surface area contributed by atoms with Gasteiger partial charge in [-0.25, -0.2) is 12.8 Å². The smallest absolute Gasteiger partial charge is 0.416 e. The van der Waals surface area contributed by atoms with Gasteiger partial charge in [-0.3, -0.25) is 4.79 Å². The van der Waals surface area contributed by atoms with Crippen molar-refractivity contribution in [2.24, 2.45) is 5.92 Å². The summed E-state index contributed by atoms with van der Waals surface area (Å²) in [4.78, 5) is 12.2. The van der Waals surface area contributed by atoms with Gasteiger partial charge in [0.2, 0.25) is 0 Å². The van der Waals surface area contributed by atoms with E-state index in [2.05, 4.69) is 0 Å². The predicted molar refractivity (Wildman–Crippen MR) is 122 cm³/mol. The van der Waals surface area contributed by atoms with Crippen molar-refractivity contribution in [1.29, 1.82) is 0 Å². The first-order chi connectivity index (χ1) is 16.4. The third kappa shape index (κ3) is 5.67. The molecule has 3 aromatic rings. The quantitative estimate of drug-likeness (QED) is 0.323. The minimum Gasteiger partial charge on any atom is -0.457 e. The highest BCUT2D eigenvalue weighted by molar-refractivity contribution is 7.92. The normalized spacial score (nSPS) is 18.1. The summed E-state index contributed by atoms with van der Waals surface area (Å²) >= 11 is 5.73. The van der Waals surface area contributed by atoms with Gasteiger partial charge in [0.1, 0.15) is 23.1 Å². The molecule has 0 heterocycles. The number of halogens is 5. The lowest BCUT2D eigenvalue weighted by atomic mass is 9.80. The van der Waals surface area contributed by atoms with Crippen LogP contribution in [0.15, 0.2) is 71.6 Å². The molecule has 1 saturated carbocycles. The lowest BCUT2D eigenvalue weighted by molar-refractivity contribution is -0.137. The molecule has 0 saturated heterocycles. The fourth-order valence-corrected chi connectivity index (χ4v) is 5.91. The number of ketones is 1. The summed E-state index contributed by atoms with van der Waals surface area (Å²) in [7, 11) is -3.97. The maximum atomic E-state index is 13.3. The van der Waals surface area contributed by atoms with Crippen LogP contribution in [0.2, 0.25) is 5.02 Å². The van der Waals surface area contributed by atoms with Gasteiger partial charge < -0.3 is 4.74 Å². The molecule has 0 amide bonds. The number of Topliss-reactive ketones (excluding diaryl/α,β-unsaturated/α-hetero) is 1. The minimum atomic E-state index is -4.64. The molecular formula is C25H19ClF4O4S. The van der Waals surface area contributed by atoms with Crippen LogP contribution in [0.3, 0.4) is 0 Å². The molecule has 1 aliphatic carbocycles. The van der Waals surface area contributed by atoms with E-state index >= 15 is 0 Å². The third-order valence-electron chi connectivity index (χ3n) is 5.91. The van der Waals surface area contributed by atoms with Gasteiger partial charge in [-0.15, -0.1) is 0 Å². The molecule has 0 aliphatic heterocycles. The summed E-state index contributed by atoms with van der Waals surface area (Å²) in [6.45, 7) is 0. The second kappa shape index (κ2) is 9.62. The van der Waals surface area contributed by atoms with Gasteiger partial charge in [-0.1, -0.05) is 29.8 Å². The highest BCUT2D eigenvalue weighted by Crippen LogP contribution is 2.39. The van der Waals surface area contributed by atoms with E-state index in [-0.39, 0.29) is 35.0 Å². The number of rotatable bonds is 7. The molecule has 0 radical (unpaired) electrons. The summed E-state index contributed by atoms with van der Waals surface area (Å²) in [5.74, 6) is -0.367. The van der Waals surface area contributed by atoms with Crippen LogP contribution in [0.5, 0.6) is 11.5 Å². The van der Waals surface area contributed by atoms with Gasteiger partial charge in [0, 0.05) is 18.4 Å². The van der Waals surface area contributed by atoms with Gasteiger partial charge >= 0.3 is 6.18 Å². The highest BCUT2D eigenvalue weighted by atomic mass is 35.5. The lowest BCUT2D eigenvalue weighted by Crippen LogP contribution is -2.40. The standard InChI is InChI=1S/C25H19ClF4O4S/c26-22-14-19(8-9-23(22)27)34-18-6-4-15(5-7-18)10-24(31)16-11-21(12-16)35(32,33)20-3-1-2-17(13-20)25(28,29)30/h1-9,13-14,16,21H,10-12H2. The van der Waals surface area contributed by atoms with Crippen molar-refractivity contribution < 1.29 is 35.5 Å². The van der Waals surface area contributed by atoms with E-state index in [0.29, 0.717) is 23.1 Å². The first-order valence-electron chi connectivity index (χ1n) is 10.6. The first kappa shape index (κ1) is 25.2. The number of benzene rings is 3. The van der Waals surface area contributed by atoms with Gasteiger partial charge in [0.25, 0.3) is 0 Å². The number of hydrogen-bond donors (Lipinski definition) is 0. The molecule has 1 aliphatic rings. The van der Waals surface area contributed by atoms with Crippen molar-refractivity contribution in [2.75, 3.05) is 0 Å². The molecule has 0 aromatic heterocycles. The van der Waals surface area contributed by atoms with E-state index in [0.717, 1.165) is 18.2 Å². The summed E-state index contributed by atoms with van der Waals surface area (Å²) in [6, 6.07) is 14.3. The van der Waals surface area contributed by atoms with Crippen molar-refractivity contribution in [1.82, 2.24) is 0 Å². The number of carbonyl (C=O) groups excluding carboxylic acids is 1. The SMILES string of the molecule is O=C(Cc1ccc(Oc2ccc(F)c(Cl)c2)cc1)C1CC(S(=O)(=O)c2cccc(C(F)(F)F)c2)C1. The largest absolute Gasteiger partial charge is 0.457 e. The maximum Gasteiger partial charge on any atom is 0.416 e. The molecule has 1 fully saturated rings. The number of carbonyl (C=O) groups is 1. The zero-order chi connectivity index (χ0) is 25.4. The molecular weight excluding hydrogens is 508 g/mol. The number of ether oxygens (including phenoxy) is 1. The van der Waals surface area contributed by atoms with E-state index in [1.807, 2.05) is 0 Å². The molecule has 10 heteroatoms. The van der Waals surface area contributed by atoms with Crippen LogP contribution in [-0.4, -0.2) is 19.5 Å². The topological polar surface area (TPSA) is 60.4 Å². The molecule has 4 rings (SSSR count). The summed E-state index contributed by atoms with van der Waals surface area (Å²) in [6.07, 6.45) is -4.41. The van der Waals surface area contributed by atoms with Crippen LogP contribution in [0.4, 0.5) is 17.6 Å². The molecule has 3 aromatic carbocycles. The van der Waals surface area contributed by atoms with Gasteiger partial charge in [0.15, 0.2) is 9.84 Å². The second-order valence-electron chi connectivity index (χ2n) is 8.33. The molecule has 0 N–H and O–H groups in total. The molecule has 0 bridgehead atoms. The zero-order valence-electron chi connectivity index (χ0n) is 18.1. The van der Waals surface area contributed by atoms with Gasteiger partial charge in [-0.2, -0.15) is 13.2 Å². The monoisotopic (exact) mass is 526 g/mol. The summed E-state index contributed by atoms with van der Waals surface area (Å²) in [5.41, 5.74) is -0.329. The Balaban J connectivity index is 1.34. The van der Waals surface area contributed by atoms with E-state index in [1.165, 1.54) is 18.2 Å². The Bertz CT molecular complexity index is 1350.